The third kappa shape index (κ3) is 2.14. The van der Waals surface area contributed by atoms with Crippen LogP contribution in [0.15, 0.2) is 6.07 Å². The van der Waals surface area contributed by atoms with Gasteiger partial charge in [0.05, 0.1) is 0 Å². The highest BCUT2D eigenvalue weighted by Gasteiger charge is 2.46. The fourth-order valence-corrected chi connectivity index (χ4v) is 2.02. The number of carboxylic acid groups (broad SMARTS) is 1. The fraction of sp³-hybridized carbons (Fsp3) is 0.600. The number of carbonyl (C=O) groups is 1. The van der Waals surface area contributed by atoms with Gasteiger partial charge in [-0.1, -0.05) is 6.92 Å². The Bertz CT molecular complexity index is 469. The first-order valence-electron chi connectivity index (χ1n) is 5.49. The molecular formula is C10H12F3N3O2. The molecule has 8 heteroatoms. The number of carboxylic acids is 1. The lowest BCUT2D eigenvalue weighted by Gasteiger charge is -2.32. The number of halogens is 3. The molecule has 0 saturated heterocycles. The molecular weight excluding hydrogens is 251 g/mol. The largest absolute Gasteiger partial charge is 0.476 e. The Balaban J connectivity index is 2.43. The molecule has 0 spiro atoms. The van der Waals surface area contributed by atoms with Gasteiger partial charge in [-0.15, -0.1) is 0 Å². The molecule has 0 radical (unpaired) electrons. The molecule has 18 heavy (non-hydrogen) atoms. The Morgan fingerprint density at radius 1 is 1.67 bits per heavy atom. The molecule has 2 atom stereocenters. The number of nitrogens with zero attached hydrogens (tertiary/aromatic N) is 2. The van der Waals surface area contributed by atoms with Crippen molar-refractivity contribution in [1.82, 2.24) is 9.78 Å². The van der Waals surface area contributed by atoms with Crippen LogP contribution >= 0.6 is 0 Å². The maximum Gasteiger partial charge on any atom is 0.410 e. The number of hydrogen-bond acceptors (Lipinski definition) is 3. The molecule has 1 aliphatic rings. The predicted octanol–water partition coefficient (Wildman–Crippen LogP) is 2.28. The molecule has 0 aromatic carbocycles. The summed E-state index contributed by atoms with van der Waals surface area (Å²) in [6.45, 7) is 1.77. The maximum absolute atomic E-state index is 12.9. The van der Waals surface area contributed by atoms with E-state index in [1.165, 1.54) is 0 Å². The zero-order chi connectivity index (χ0) is 13.5. The number of aromatic carboxylic acids is 1. The van der Waals surface area contributed by atoms with E-state index in [4.69, 9.17) is 5.11 Å². The van der Waals surface area contributed by atoms with Crippen molar-refractivity contribution >= 4 is 11.8 Å². The molecule has 0 bridgehead atoms. The number of hydrogen-bond donors (Lipinski definition) is 2. The topological polar surface area (TPSA) is 67.2 Å². The Morgan fingerprint density at radius 3 is 2.83 bits per heavy atom. The normalized spacial score (nSPS) is 23.3. The van der Waals surface area contributed by atoms with E-state index in [-0.39, 0.29) is 24.0 Å². The summed E-state index contributed by atoms with van der Waals surface area (Å²) in [5.41, 5.74) is -0.386. The first-order valence-corrected chi connectivity index (χ1v) is 5.49. The summed E-state index contributed by atoms with van der Waals surface area (Å²) in [7, 11) is 0. The number of alkyl halides is 3. The Morgan fingerprint density at radius 2 is 2.33 bits per heavy atom. The van der Waals surface area contributed by atoms with Crippen molar-refractivity contribution in [2.24, 2.45) is 0 Å². The van der Waals surface area contributed by atoms with Gasteiger partial charge in [-0.3, -0.25) is 0 Å². The molecule has 0 saturated carbocycles. The lowest BCUT2D eigenvalue weighted by molar-refractivity contribution is -0.173. The summed E-state index contributed by atoms with van der Waals surface area (Å²) in [6.07, 6.45) is -4.06. The first-order chi connectivity index (χ1) is 8.32. The summed E-state index contributed by atoms with van der Waals surface area (Å²) < 4.78 is 39.4. The molecule has 1 aromatic heterocycles. The van der Waals surface area contributed by atoms with Crippen LogP contribution in [0.25, 0.3) is 0 Å². The third-order valence-corrected chi connectivity index (χ3v) is 2.98. The highest BCUT2D eigenvalue weighted by Crippen LogP contribution is 2.39. The van der Waals surface area contributed by atoms with Crippen LogP contribution in [0, 0.1) is 0 Å². The monoisotopic (exact) mass is 263 g/mol. The van der Waals surface area contributed by atoms with E-state index >= 15 is 0 Å². The summed E-state index contributed by atoms with van der Waals surface area (Å²) in [4.78, 5) is 10.7. The molecule has 2 unspecified atom stereocenters. The Hall–Kier alpha value is -1.73. The van der Waals surface area contributed by atoms with Crippen molar-refractivity contribution in [3.63, 3.8) is 0 Å². The number of aromatic nitrogens is 2. The van der Waals surface area contributed by atoms with Gasteiger partial charge in [0.1, 0.15) is 5.82 Å². The van der Waals surface area contributed by atoms with Gasteiger partial charge >= 0.3 is 12.1 Å². The number of nitrogens with one attached hydrogen (secondary N) is 1. The lowest BCUT2D eigenvalue weighted by atomic mass is 10.0. The van der Waals surface area contributed by atoms with Crippen molar-refractivity contribution in [2.75, 3.05) is 5.32 Å². The minimum atomic E-state index is -4.44. The van der Waals surface area contributed by atoms with Gasteiger partial charge < -0.3 is 10.4 Å². The van der Waals surface area contributed by atoms with E-state index < -0.39 is 18.2 Å². The van der Waals surface area contributed by atoms with Crippen LogP contribution in [0.4, 0.5) is 19.0 Å². The quantitative estimate of drug-likeness (QED) is 0.859. The summed E-state index contributed by atoms with van der Waals surface area (Å²) >= 11 is 0. The molecule has 0 fully saturated rings. The fourth-order valence-electron chi connectivity index (χ4n) is 2.02. The van der Waals surface area contributed by atoms with Gasteiger partial charge in [-0.05, 0) is 12.8 Å². The van der Waals surface area contributed by atoms with E-state index in [1.54, 1.807) is 6.92 Å². The van der Waals surface area contributed by atoms with Gasteiger partial charge in [0, 0.05) is 12.1 Å². The summed E-state index contributed by atoms with van der Waals surface area (Å²) in [6, 6.07) is -0.975. The van der Waals surface area contributed by atoms with Gasteiger partial charge in [0.25, 0.3) is 0 Å². The van der Waals surface area contributed by atoms with Crippen molar-refractivity contribution in [3.8, 4) is 0 Å². The van der Waals surface area contributed by atoms with E-state index in [0.717, 1.165) is 10.7 Å². The van der Waals surface area contributed by atoms with Crippen LogP contribution in [-0.4, -0.2) is 33.1 Å². The third-order valence-electron chi connectivity index (χ3n) is 2.98. The van der Waals surface area contributed by atoms with Crippen molar-refractivity contribution in [2.45, 2.75) is 38.0 Å². The average molecular weight is 263 g/mol. The number of fused-ring (bicyclic) bond motifs is 1. The molecule has 0 aliphatic carbocycles. The molecule has 2 N–H and O–H groups in total. The lowest BCUT2D eigenvalue weighted by Crippen LogP contribution is -2.38. The smallest absolute Gasteiger partial charge is 0.410 e. The van der Waals surface area contributed by atoms with Crippen LogP contribution in [0.2, 0.25) is 0 Å². The highest BCUT2D eigenvalue weighted by atomic mass is 19.4. The minimum absolute atomic E-state index is 0.104. The highest BCUT2D eigenvalue weighted by molar-refractivity contribution is 5.86. The molecule has 5 nitrogen and oxygen atoms in total. The number of rotatable bonds is 2. The van der Waals surface area contributed by atoms with Crippen LogP contribution in [0.1, 0.15) is 36.3 Å². The molecule has 100 valence electrons. The molecule has 2 rings (SSSR count). The van der Waals surface area contributed by atoms with E-state index in [1.807, 2.05) is 0 Å². The van der Waals surface area contributed by atoms with Crippen molar-refractivity contribution in [3.05, 3.63) is 11.8 Å². The van der Waals surface area contributed by atoms with Crippen molar-refractivity contribution in [1.29, 1.82) is 0 Å². The molecule has 2 heterocycles. The van der Waals surface area contributed by atoms with Gasteiger partial charge in [0.2, 0.25) is 0 Å². The maximum atomic E-state index is 12.9. The van der Waals surface area contributed by atoms with E-state index in [2.05, 4.69) is 10.4 Å². The van der Waals surface area contributed by atoms with Crippen LogP contribution in [0.3, 0.4) is 0 Å². The van der Waals surface area contributed by atoms with Crippen LogP contribution in [-0.2, 0) is 0 Å². The SMILES string of the molecule is CCC1CC(C(F)(F)F)n2nc(C(=O)O)cc2N1. The van der Waals surface area contributed by atoms with Crippen LogP contribution in [0.5, 0.6) is 0 Å². The zero-order valence-corrected chi connectivity index (χ0v) is 9.53. The van der Waals surface area contributed by atoms with Gasteiger partial charge in [-0.2, -0.15) is 18.3 Å². The number of anilines is 1. The molecule has 1 aliphatic heterocycles. The Kier molecular flexibility index (Phi) is 2.95. The van der Waals surface area contributed by atoms with Gasteiger partial charge in [0.15, 0.2) is 11.7 Å². The second-order valence-corrected chi connectivity index (χ2v) is 4.21. The zero-order valence-electron chi connectivity index (χ0n) is 9.53. The minimum Gasteiger partial charge on any atom is -0.476 e. The van der Waals surface area contributed by atoms with Gasteiger partial charge in [-0.25, -0.2) is 9.48 Å². The van der Waals surface area contributed by atoms with E-state index in [9.17, 15) is 18.0 Å². The second-order valence-electron chi connectivity index (χ2n) is 4.21. The van der Waals surface area contributed by atoms with E-state index in [0.29, 0.717) is 6.42 Å². The summed E-state index contributed by atoms with van der Waals surface area (Å²) in [5, 5.41) is 15.1. The standard InChI is InChI=1S/C10H12F3N3O2/c1-2-5-3-7(10(11,12)13)16-8(14-5)4-6(15-16)9(17)18/h4-5,7,14H,2-3H2,1H3,(H,17,18). The predicted molar refractivity (Wildman–Crippen MR) is 56.6 cm³/mol. The first kappa shape index (κ1) is 12.7. The second kappa shape index (κ2) is 4.18. The summed E-state index contributed by atoms with van der Waals surface area (Å²) in [5.74, 6) is -1.24. The Labute approximate surface area is 101 Å². The van der Waals surface area contributed by atoms with Crippen molar-refractivity contribution < 1.29 is 23.1 Å². The average Bonchev–Trinajstić information content (AvgIpc) is 2.69. The molecule has 0 amide bonds. The van der Waals surface area contributed by atoms with Crippen LogP contribution < -0.4 is 5.32 Å². The molecule has 1 aromatic rings.